The Bertz CT molecular complexity index is 709. The Morgan fingerprint density at radius 1 is 1.23 bits per heavy atom. The Morgan fingerprint density at radius 2 is 1.88 bits per heavy atom. The van der Waals surface area contributed by atoms with Crippen molar-refractivity contribution in [2.24, 2.45) is 5.10 Å². The Labute approximate surface area is 152 Å². The molecule has 2 rings (SSSR count). The normalized spacial score (nSPS) is 16.5. The van der Waals surface area contributed by atoms with Crippen LogP contribution in [-0.2, 0) is 30.3 Å². The van der Waals surface area contributed by atoms with Gasteiger partial charge in [-0.2, -0.15) is 5.01 Å². The molecule has 0 aliphatic carbocycles. The fourth-order valence-electron chi connectivity index (χ4n) is 2.25. The highest BCUT2D eigenvalue weighted by Gasteiger charge is 2.37. The van der Waals surface area contributed by atoms with Gasteiger partial charge in [0.05, 0.1) is 6.42 Å². The van der Waals surface area contributed by atoms with Crippen LogP contribution in [0.2, 0.25) is 0 Å². The summed E-state index contributed by atoms with van der Waals surface area (Å²) in [5.41, 5.74) is 0.285. The van der Waals surface area contributed by atoms with Crippen molar-refractivity contribution in [2.75, 3.05) is 6.54 Å². The molecule has 2 amide bonds. The molecule has 1 unspecified atom stereocenters. The highest BCUT2D eigenvalue weighted by Crippen LogP contribution is 2.16. The predicted octanol–water partition coefficient (Wildman–Crippen LogP) is 1.21. The van der Waals surface area contributed by atoms with E-state index in [4.69, 9.17) is 9.47 Å². The van der Waals surface area contributed by atoms with E-state index in [1.807, 2.05) is 30.3 Å². The molecule has 1 aromatic carbocycles. The smallest absolute Gasteiger partial charge is 0.325 e. The molecule has 140 valence electrons. The molecule has 1 atom stereocenters. The molecule has 8 heteroatoms. The lowest BCUT2D eigenvalue weighted by molar-refractivity contribution is -0.156. The van der Waals surface area contributed by atoms with E-state index in [-0.39, 0.29) is 12.4 Å². The SMILES string of the molecule is CC(=O)N1N=C(Cc2ccccc2)OC1C(=O)NCC(=O)OC(C)(C)C. The first-order chi connectivity index (χ1) is 12.2. The van der Waals surface area contributed by atoms with Gasteiger partial charge >= 0.3 is 5.97 Å². The van der Waals surface area contributed by atoms with Crippen LogP contribution in [0, 0.1) is 0 Å². The second-order valence-electron chi connectivity index (χ2n) is 6.79. The van der Waals surface area contributed by atoms with E-state index in [0.29, 0.717) is 6.42 Å². The first kappa shape index (κ1) is 19.4. The number of rotatable bonds is 5. The molecule has 26 heavy (non-hydrogen) atoms. The molecule has 1 aliphatic rings. The minimum Gasteiger partial charge on any atom is -0.459 e. The first-order valence-corrected chi connectivity index (χ1v) is 8.23. The minimum absolute atomic E-state index is 0.254. The van der Waals surface area contributed by atoms with E-state index < -0.39 is 29.6 Å². The molecule has 8 nitrogen and oxygen atoms in total. The van der Waals surface area contributed by atoms with Gasteiger partial charge in [-0.05, 0) is 26.3 Å². The molecule has 0 spiro atoms. The lowest BCUT2D eigenvalue weighted by Gasteiger charge is -2.21. The van der Waals surface area contributed by atoms with Gasteiger partial charge < -0.3 is 14.8 Å². The molecular formula is C18H23N3O5. The van der Waals surface area contributed by atoms with Crippen molar-refractivity contribution in [1.82, 2.24) is 10.3 Å². The van der Waals surface area contributed by atoms with Crippen LogP contribution in [-0.4, -0.2) is 47.1 Å². The van der Waals surface area contributed by atoms with Gasteiger partial charge in [-0.1, -0.05) is 30.3 Å². The van der Waals surface area contributed by atoms with Crippen LogP contribution in [0.5, 0.6) is 0 Å². The van der Waals surface area contributed by atoms with Crippen molar-refractivity contribution in [2.45, 2.75) is 45.9 Å². The Kier molecular flexibility index (Phi) is 5.97. The monoisotopic (exact) mass is 361 g/mol. The summed E-state index contributed by atoms with van der Waals surface area (Å²) in [5.74, 6) is -1.41. The standard InChI is InChI=1S/C18H23N3O5/c1-12(22)21-17(16(24)19-11-15(23)26-18(2,3)4)25-14(20-21)10-13-8-6-5-7-9-13/h5-9,17H,10-11H2,1-4H3,(H,19,24). The second kappa shape index (κ2) is 7.99. The van der Waals surface area contributed by atoms with Gasteiger partial charge in [-0.25, -0.2) is 0 Å². The third-order valence-corrected chi connectivity index (χ3v) is 3.26. The number of hydrogen-bond acceptors (Lipinski definition) is 6. The third-order valence-electron chi connectivity index (χ3n) is 3.26. The number of ether oxygens (including phenoxy) is 2. The summed E-state index contributed by atoms with van der Waals surface area (Å²) >= 11 is 0. The van der Waals surface area contributed by atoms with Crippen molar-refractivity contribution < 1.29 is 23.9 Å². The van der Waals surface area contributed by atoms with Gasteiger partial charge in [-0.15, -0.1) is 5.10 Å². The summed E-state index contributed by atoms with van der Waals surface area (Å²) in [7, 11) is 0. The second-order valence-corrected chi connectivity index (χ2v) is 6.79. The van der Waals surface area contributed by atoms with Gasteiger partial charge in [0.15, 0.2) is 0 Å². The zero-order chi connectivity index (χ0) is 19.3. The number of carbonyl (C=O) groups excluding carboxylic acids is 3. The molecule has 0 aromatic heterocycles. The summed E-state index contributed by atoms with van der Waals surface area (Å²) in [5, 5.41) is 7.44. The number of hydrogen-bond donors (Lipinski definition) is 1. The molecule has 0 saturated heterocycles. The maximum atomic E-state index is 12.3. The largest absolute Gasteiger partial charge is 0.459 e. The Balaban J connectivity index is 1.96. The first-order valence-electron chi connectivity index (χ1n) is 8.23. The van der Waals surface area contributed by atoms with Crippen LogP contribution in [0.1, 0.15) is 33.3 Å². The Morgan fingerprint density at radius 3 is 2.46 bits per heavy atom. The van der Waals surface area contributed by atoms with E-state index in [0.717, 1.165) is 10.6 Å². The molecule has 0 fully saturated rings. The quantitative estimate of drug-likeness (QED) is 0.795. The molecule has 1 heterocycles. The average Bonchev–Trinajstić information content (AvgIpc) is 2.96. The summed E-state index contributed by atoms with van der Waals surface area (Å²) < 4.78 is 10.6. The number of nitrogens with one attached hydrogen (secondary N) is 1. The number of benzene rings is 1. The van der Waals surface area contributed by atoms with Gasteiger partial charge in [-0.3, -0.25) is 14.4 Å². The molecule has 0 saturated carbocycles. The fourth-order valence-corrected chi connectivity index (χ4v) is 2.25. The van der Waals surface area contributed by atoms with Gasteiger partial charge in [0, 0.05) is 6.92 Å². The lowest BCUT2D eigenvalue weighted by Crippen LogP contribution is -2.47. The summed E-state index contributed by atoms with van der Waals surface area (Å²) in [6.45, 7) is 6.15. The van der Waals surface area contributed by atoms with Crippen molar-refractivity contribution in [3.8, 4) is 0 Å². The van der Waals surface area contributed by atoms with Gasteiger partial charge in [0.25, 0.3) is 12.1 Å². The van der Waals surface area contributed by atoms with Crippen molar-refractivity contribution in [3.05, 3.63) is 35.9 Å². The van der Waals surface area contributed by atoms with E-state index in [1.54, 1.807) is 20.8 Å². The average molecular weight is 361 g/mol. The number of nitrogens with zero attached hydrogens (tertiary/aromatic N) is 2. The number of amides is 2. The Hall–Kier alpha value is -2.90. The maximum absolute atomic E-state index is 12.3. The van der Waals surface area contributed by atoms with Crippen LogP contribution in [0.4, 0.5) is 0 Å². The van der Waals surface area contributed by atoms with Crippen LogP contribution >= 0.6 is 0 Å². The van der Waals surface area contributed by atoms with Gasteiger partial charge in [0.2, 0.25) is 11.8 Å². The lowest BCUT2D eigenvalue weighted by atomic mass is 10.1. The summed E-state index contributed by atoms with van der Waals surface area (Å²) in [4.78, 5) is 35.8. The molecule has 1 aliphatic heterocycles. The van der Waals surface area contributed by atoms with E-state index >= 15 is 0 Å². The van der Waals surface area contributed by atoms with Crippen LogP contribution in [0.15, 0.2) is 35.4 Å². The van der Waals surface area contributed by atoms with Crippen molar-refractivity contribution in [3.63, 3.8) is 0 Å². The highest BCUT2D eigenvalue weighted by molar-refractivity contribution is 5.93. The van der Waals surface area contributed by atoms with Gasteiger partial charge in [0.1, 0.15) is 12.1 Å². The number of hydrazone groups is 1. The predicted molar refractivity (Wildman–Crippen MR) is 93.8 cm³/mol. The molecular weight excluding hydrogens is 338 g/mol. The molecule has 1 N–H and O–H groups in total. The summed E-state index contributed by atoms with van der Waals surface area (Å²) in [6, 6.07) is 9.41. The topological polar surface area (TPSA) is 97.3 Å². The summed E-state index contributed by atoms with van der Waals surface area (Å²) in [6.07, 6.45) is -0.894. The van der Waals surface area contributed by atoms with Crippen molar-refractivity contribution >= 4 is 23.7 Å². The zero-order valence-electron chi connectivity index (χ0n) is 15.3. The third kappa shape index (κ3) is 5.58. The zero-order valence-corrected chi connectivity index (χ0v) is 15.3. The van der Waals surface area contributed by atoms with Crippen LogP contribution < -0.4 is 5.32 Å². The van der Waals surface area contributed by atoms with Crippen LogP contribution in [0.3, 0.4) is 0 Å². The van der Waals surface area contributed by atoms with Crippen LogP contribution in [0.25, 0.3) is 0 Å². The number of esters is 1. The highest BCUT2D eigenvalue weighted by atomic mass is 16.6. The van der Waals surface area contributed by atoms with Crippen molar-refractivity contribution in [1.29, 1.82) is 0 Å². The van der Waals surface area contributed by atoms with E-state index in [9.17, 15) is 14.4 Å². The molecule has 1 aromatic rings. The minimum atomic E-state index is -1.24. The molecule has 0 bridgehead atoms. The maximum Gasteiger partial charge on any atom is 0.325 e. The molecule has 0 radical (unpaired) electrons. The van der Waals surface area contributed by atoms with E-state index in [1.165, 1.54) is 6.92 Å². The fraction of sp³-hybridized carbons (Fsp3) is 0.444. The van der Waals surface area contributed by atoms with E-state index in [2.05, 4.69) is 10.4 Å². The number of carbonyl (C=O) groups is 3.